The second-order valence-corrected chi connectivity index (χ2v) is 17.0. The van der Waals surface area contributed by atoms with Crippen molar-refractivity contribution in [1.29, 1.82) is 0 Å². The van der Waals surface area contributed by atoms with Crippen LogP contribution in [0.2, 0.25) is 0 Å². The SMILES string of the molecule is CC(=O)OCC1c2ccccc2-c2ccc(CC(=O)CCN3C(=O)CC(SCCCCCCCCCCCCCCCC(=O)O)C3=O)cc21.CS(=O)(=O)O. The highest BCUT2D eigenvalue weighted by Gasteiger charge is 2.38. The number of hydrogen-bond donors (Lipinski definition) is 2. The van der Waals surface area contributed by atoms with E-state index in [9.17, 15) is 32.4 Å². The van der Waals surface area contributed by atoms with E-state index in [0.29, 0.717) is 12.7 Å². The van der Waals surface area contributed by atoms with E-state index in [1.54, 1.807) is 11.8 Å². The molecule has 1 aliphatic heterocycles. The second kappa shape index (κ2) is 23.4. The number of benzene rings is 2. The van der Waals surface area contributed by atoms with Crippen LogP contribution in [0.3, 0.4) is 0 Å². The molecule has 2 amide bonds. The summed E-state index contributed by atoms with van der Waals surface area (Å²) in [7, 11) is -3.67. The molecule has 1 aliphatic carbocycles. The van der Waals surface area contributed by atoms with Crippen molar-refractivity contribution in [2.24, 2.45) is 0 Å². The van der Waals surface area contributed by atoms with Crippen molar-refractivity contribution in [3.8, 4) is 11.1 Å². The Morgan fingerprint density at radius 2 is 1.37 bits per heavy atom. The molecule has 4 rings (SSSR count). The van der Waals surface area contributed by atoms with Gasteiger partial charge in [-0.2, -0.15) is 8.42 Å². The highest BCUT2D eigenvalue weighted by molar-refractivity contribution is 8.00. The van der Waals surface area contributed by atoms with Crippen LogP contribution in [-0.2, 0) is 45.2 Å². The van der Waals surface area contributed by atoms with Crippen LogP contribution in [0.4, 0.5) is 0 Å². The lowest BCUT2D eigenvalue weighted by atomic mass is 9.95. The quantitative estimate of drug-likeness (QED) is 0.0461. The number of carbonyl (C=O) groups excluding carboxylic acids is 4. The monoisotopic (exact) mass is 787 g/mol. The van der Waals surface area contributed by atoms with Gasteiger partial charge in [0.2, 0.25) is 11.8 Å². The van der Waals surface area contributed by atoms with Gasteiger partial charge in [-0.05, 0) is 46.4 Å². The van der Waals surface area contributed by atoms with Crippen molar-refractivity contribution >= 4 is 51.4 Å². The number of Topliss-reactive ketones (excluding diaryl/α,β-unsaturated/α-hetero) is 1. The van der Waals surface area contributed by atoms with Gasteiger partial charge >= 0.3 is 11.9 Å². The van der Waals surface area contributed by atoms with Gasteiger partial charge in [0.05, 0.1) is 11.5 Å². The lowest BCUT2D eigenvalue weighted by Gasteiger charge is -2.15. The summed E-state index contributed by atoms with van der Waals surface area (Å²) in [6, 6.07) is 14.1. The lowest BCUT2D eigenvalue weighted by Crippen LogP contribution is -2.33. The van der Waals surface area contributed by atoms with Crippen LogP contribution in [0.5, 0.6) is 0 Å². The fourth-order valence-electron chi connectivity index (χ4n) is 6.97. The summed E-state index contributed by atoms with van der Waals surface area (Å²) in [5.41, 5.74) is 5.23. The number of nitrogens with zero attached hydrogens (tertiary/aromatic N) is 1. The molecular weight excluding hydrogens is 731 g/mol. The van der Waals surface area contributed by atoms with E-state index in [2.05, 4.69) is 12.1 Å². The van der Waals surface area contributed by atoms with E-state index in [4.69, 9.17) is 14.4 Å². The van der Waals surface area contributed by atoms with E-state index in [-0.39, 0.29) is 67.1 Å². The first-order valence-electron chi connectivity index (χ1n) is 19.2. The molecule has 54 heavy (non-hydrogen) atoms. The van der Waals surface area contributed by atoms with Crippen molar-refractivity contribution in [2.45, 2.75) is 127 Å². The number of carbonyl (C=O) groups is 5. The Hall–Kier alpha value is -3.55. The molecule has 2 atom stereocenters. The van der Waals surface area contributed by atoms with Crippen LogP contribution in [0.15, 0.2) is 42.5 Å². The molecule has 298 valence electrons. The molecule has 11 nitrogen and oxygen atoms in total. The summed E-state index contributed by atoms with van der Waals surface area (Å²) in [4.78, 5) is 62.0. The van der Waals surface area contributed by atoms with Gasteiger partial charge in [0.1, 0.15) is 12.4 Å². The number of hydrogen-bond acceptors (Lipinski definition) is 9. The first kappa shape index (κ1) is 44.8. The smallest absolute Gasteiger partial charge is 0.303 e. The standard InChI is InChI=1S/C40H53NO7S.CH4O3S/c1-29(42)48-28-36-33-18-15-14-17-32(33)34-21-20-30(26-35(34)36)25-31(43)22-23-41-38(44)27-37(40(41)47)49-24-16-12-10-8-6-4-2-3-5-7-9-11-13-19-39(45)46;1-5(2,3)4/h14-15,17-18,20-21,26,36-37H,2-13,16,19,22-25,27-28H2,1H3,(H,45,46);1H3,(H,2,3,4). The second-order valence-electron chi connectivity index (χ2n) is 14.2. The van der Waals surface area contributed by atoms with Crippen molar-refractivity contribution in [1.82, 2.24) is 4.90 Å². The summed E-state index contributed by atoms with van der Waals surface area (Å²) in [6.07, 6.45) is 16.6. The molecular formula is C41H57NO10S2. The van der Waals surface area contributed by atoms with Crippen molar-refractivity contribution in [3.05, 3.63) is 59.2 Å². The maximum atomic E-state index is 13.0. The third kappa shape index (κ3) is 16.4. The van der Waals surface area contributed by atoms with Gasteiger partial charge in [-0.25, -0.2) is 0 Å². The zero-order chi connectivity index (χ0) is 39.5. The van der Waals surface area contributed by atoms with Crippen LogP contribution in [-0.4, -0.2) is 82.9 Å². The normalized spacial score (nSPS) is 16.1. The van der Waals surface area contributed by atoms with Gasteiger partial charge in [-0.3, -0.25) is 33.4 Å². The maximum Gasteiger partial charge on any atom is 0.303 e. The van der Waals surface area contributed by atoms with E-state index >= 15 is 0 Å². The fraction of sp³-hybridized carbons (Fsp3) is 0.585. The predicted octanol–water partition coefficient (Wildman–Crippen LogP) is 7.77. The number of fused-ring (bicyclic) bond motifs is 3. The molecule has 0 spiro atoms. The minimum atomic E-state index is -3.67. The fourth-order valence-corrected chi connectivity index (χ4v) is 8.15. The van der Waals surface area contributed by atoms with Crippen LogP contribution in [0.25, 0.3) is 11.1 Å². The summed E-state index contributed by atoms with van der Waals surface area (Å²) in [5.74, 6) is -0.602. The van der Waals surface area contributed by atoms with Gasteiger partial charge in [-0.1, -0.05) is 113 Å². The molecule has 2 aliphatic rings. The van der Waals surface area contributed by atoms with E-state index < -0.39 is 16.1 Å². The molecule has 2 aromatic carbocycles. The number of carboxylic acid groups (broad SMARTS) is 1. The number of rotatable bonds is 24. The molecule has 1 heterocycles. The van der Waals surface area contributed by atoms with Crippen LogP contribution in [0, 0.1) is 0 Å². The Morgan fingerprint density at radius 1 is 0.815 bits per heavy atom. The molecule has 0 aromatic heterocycles. The molecule has 2 aromatic rings. The van der Waals surface area contributed by atoms with E-state index in [1.807, 2.05) is 30.3 Å². The number of likely N-dealkylation sites (tertiary alicyclic amines) is 1. The number of unbranched alkanes of at least 4 members (excludes halogenated alkanes) is 12. The Labute approximate surface area is 324 Å². The number of thioether (sulfide) groups is 1. The predicted molar refractivity (Wildman–Crippen MR) is 211 cm³/mol. The minimum absolute atomic E-state index is 0.0198. The molecule has 0 bridgehead atoms. The maximum absolute atomic E-state index is 13.0. The van der Waals surface area contributed by atoms with Gasteiger partial charge < -0.3 is 9.84 Å². The molecule has 1 fully saturated rings. The zero-order valence-electron chi connectivity index (χ0n) is 31.8. The van der Waals surface area contributed by atoms with Crippen molar-refractivity contribution in [3.63, 3.8) is 0 Å². The first-order chi connectivity index (χ1) is 25.7. The summed E-state index contributed by atoms with van der Waals surface area (Å²) < 4.78 is 31.2. The number of amides is 2. The van der Waals surface area contributed by atoms with Crippen molar-refractivity contribution < 1.29 is 46.8 Å². The largest absolute Gasteiger partial charge is 0.481 e. The van der Waals surface area contributed by atoms with Crippen molar-refractivity contribution in [2.75, 3.05) is 25.2 Å². The van der Waals surface area contributed by atoms with Crippen LogP contribution >= 0.6 is 11.8 Å². The Morgan fingerprint density at radius 3 is 1.96 bits per heavy atom. The number of imide groups is 1. The number of ketones is 1. The molecule has 13 heteroatoms. The highest BCUT2D eigenvalue weighted by atomic mass is 32.2. The summed E-state index contributed by atoms with van der Waals surface area (Å²) in [5, 5.41) is 8.32. The molecule has 0 saturated carbocycles. The molecule has 2 N–H and O–H groups in total. The lowest BCUT2D eigenvalue weighted by molar-refractivity contribution is -0.141. The van der Waals surface area contributed by atoms with Crippen LogP contribution in [0.1, 0.15) is 132 Å². The van der Waals surface area contributed by atoms with E-state index in [0.717, 1.165) is 65.7 Å². The van der Waals surface area contributed by atoms with Crippen LogP contribution < -0.4 is 0 Å². The van der Waals surface area contributed by atoms with E-state index in [1.165, 1.54) is 63.2 Å². The number of aliphatic carboxylic acids is 1. The highest BCUT2D eigenvalue weighted by Crippen LogP contribution is 2.45. The summed E-state index contributed by atoms with van der Waals surface area (Å²) >= 11 is 1.58. The van der Waals surface area contributed by atoms with Gasteiger partial charge in [0, 0.05) is 45.1 Å². The third-order valence-corrected chi connectivity index (χ3v) is 10.9. The first-order valence-corrected chi connectivity index (χ1v) is 22.1. The Kier molecular flexibility index (Phi) is 19.4. The molecule has 1 saturated heterocycles. The van der Waals surface area contributed by atoms with Gasteiger partial charge in [-0.15, -0.1) is 11.8 Å². The topological polar surface area (TPSA) is 172 Å². The van der Waals surface area contributed by atoms with Gasteiger partial charge in [0.15, 0.2) is 0 Å². The molecule has 0 radical (unpaired) electrons. The number of carboxylic acids is 1. The average molecular weight is 788 g/mol. The molecule has 2 unspecified atom stereocenters. The zero-order valence-corrected chi connectivity index (χ0v) is 33.4. The summed E-state index contributed by atoms with van der Waals surface area (Å²) in [6.45, 7) is 1.78. The minimum Gasteiger partial charge on any atom is -0.481 e. The average Bonchev–Trinajstić information content (AvgIpc) is 3.56. The number of ether oxygens (including phenoxy) is 1. The number of esters is 1. The Balaban J connectivity index is 0.00000147. The third-order valence-electron chi connectivity index (χ3n) is 9.64. The van der Waals surface area contributed by atoms with Gasteiger partial charge in [0.25, 0.3) is 10.1 Å². The Bertz CT molecular complexity index is 1670.